The molecule has 1 aromatic rings. The normalized spacial score (nSPS) is 9.07. The minimum atomic E-state index is -1.17. The van der Waals surface area contributed by atoms with Crippen LogP contribution in [0.5, 0.6) is 0 Å². The molecular formula is C10H7NO3. The van der Waals surface area contributed by atoms with Gasteiger partial charge in [-0.3, -0.25) is 9.59 Å². The number of Topliss-reactive ketones (excluding diaryl/α,β-unsaturated/α-hetero) is 1. The average Bonchev–Trinajstić information content (AvgIpc) is 2.17. The van der Waals surface area contributed by atoms with Crippen molar-refractivity contribution in [3.63, 3.8) is 0 Å². The molecule has 0 spiro atoms. The van der Waals surface area contributed by atoms with Crippen LogP contribution in [0.25, 0.3) is 0 Å². The first-order chi connectivity index (χ1) is 6.63. The number of carboxylic acid groups (broad SMARTS) is 1. The average molecular weight is 189 g/mol. The molecule has 1 rings (SSSR count). The van der Waals surface area contributed by atoms with Gasteiger partial charge in [-0.1, -0.05) is 12.1 Å². The van der Waals surface area contributed by atoms with E-state index in [-0.39, 0.29) is 5.56 Å². The summed E-state index contributed by atoms with van der Waals surface area (Å²) in [5.41, 5.74) is 0.604. The highest BCUT2D eigenvalue weighted by molar-refractivity contribution is 6.05. The first-order valence-corrected chi connectivity index (χ1v) is 3.88. The Balaban J connectivity index is 2.91. The van der Waals surface area contributed by atoms with Gasteiger partial charge in [0.1, 0.15) is 6.42 Å². The molecule has 1 N–H and O–H groups in total. The smallest absolute Gasteiger partial charge is 0.311 e. The van der Waals surface area contributed by atoms with E-state index in [0.29, 0.717) is 5.56 Å². The molecule has 4 nitrogen and oxygen atoms in total. The third-order valence-corrected chi connectivity index (χ3v) is 1.63. The van der Waals surface area contributed by atoms with Crippen LogP contribution in [0.2, 0.25) is 0 Å². The summed E-state index contributed by atoms with van der Waals surface area (Å²) in [6, 6.07) is 7.85. The number of hydrogen-bond acceptors (Lipinski definition) is 3. The fourth-order valence-electron chi connectivity index (χ4n) is 1.00. The molecule has 14 heavy (non-hydrogen) atoms. The van der Waals surface area contributed by atoms with E-state index in [0.717, 1.165) is 0 Å². The van der Waals surface area contributed by atoms with Gasteiger partial charge in [0.15, 0.2) is 5.78 Å². The fourth-order valence-corrected chi connectivity index (χ4v) is 1.00. The topological polar surface area (TPSA) is 78.2 Å². The molecule has 0 fully saturated rings. The molecule has 0 saturated carbocycles. The lowest BCUT2D eigenvalue weighted by atomic mass is 10.1. The van der Waals surface area contributed by atoms with Crippen molar-refractivity contribution in [2.45, 2.75) is 6.42 Å². The minimum Gasteiger partial charge on any atom is -0.481 e. The van der Waals surface area contributed by atoms with Gasteiger partial charge < -0.3 is 5.11 Å². The molecule has 0 amide bonds. The van der Waals surface area contributed by atoms with Gasteiger partial charge in [0, 0.05) is 5.56 Å². The van der Waals surface area contributed by atoms with E-state index < -0.39 is 18.2 Å². The van der Waals surface area contributed by atoms with Gasteiger partial charge in [-0.05, 0) is 12.1 Å². The van der Waals surface area contributed by atoms with Crippen LogP contribution < -0.4 is 0 Å². The van der Waals surface area contributed by atoms with Crippen LogP contribution >= 0.6 is 0 Å². The Kier molecular flexibility index (Phi) is 2.97. The van der Waals surface area contributed by atoms with Gasteiger partial charge in [-0.15, -0.1) is 0 Å². The molecule has 0 unspecified atom stereocenters. The second-order valence-corrected chi connectivity index (χ2v) is 2.69. The van der Waals surface area contributed by atoms with Crippen molar-refractivity contribution in [1.82, 2.24) is 0 Å². The second kappa shape index (κ2) is 4.19. The van der Waals surface area contributed by atoms with Crippen molar-refractivity contribution in [3.05, 3.63) is 35.4 Å². The quantitative estimate of drug-likeness (QED) is 0.572. The SMILES string of the molecule is N#Cc1cccc(C(=O)CC(=O)O)c1. The van der Waals surface area contributed by atoms with E-state index >= 15 is 0 Å². The number of benzene rings is 1. The lowest BCUT2D eigenvalue weighted by Crippen LogP contribution is -2.06. The molecule has 0 saturated heterocycles. The van der Waals surface area contributed by atoms with Crippen LogP contribution in [-0.2, 0) is 4.79 Å². The number of carbonyl (C=O) groups excluding carboxylic acids is 1. The van der Waals surface area contributed by atoms with Crippen molar-refractivity contribution in [1.29, 1.82) is 5.26 Å². The zero-order valence-electron chi connectivity index (χ0n) is 7.23. The van der Waals surface area contributed by atoms with E-state index in [1.165, 1.54) is 12.1 Å². The summed E-state index contributed by atoms with van der Waals surface area (Å²) >= 11 is 0. The summed E-state index contributed by atoms with van der Waals surface area (Å²) in [6.45, 7) is 0. The highest BCUT2D eigenvalue weighted by Gasteiger charge is 2.10. The Morgan fingerprint density at radius 3 is 2.71 bits per heavy atom. The number of hydrogen-bond donors (Lipinski definition) is 1. The third-order valence-electron chi connectivity index (χ3n) is 1.63. The van der Waals surface area contributed by atoms with Gasteiger partial charge in [0.2, 0.25) is 0 Å². The van der Waals surface area contributed by atoms with Gasteiger partial charge in [-0.25, -0.2) is 0 Å². The highest BCUT2D eigenvalue weighted by atomic mass is 16.4. The Labute approximate surface area is 80.4 Å². The van der Waals surface area contributed by atoms with Gasteiger partial charge in [0.25, 0.3) is 0 Å². The van der Waals surface area contributed by atoms with E-state index in [1.807, 2.05) is 6.07 Å². The number of nitriles is 1. The zero-order chi connectivity index (χ0) is 10.6. The van der Waals surface area contributed by atoms with Crippen molar-refractivity contribution >= 4 is 11.8 Å². The molecule has 70 valence electrons. The summed E-state index contributed by atoms with van der Waals surface area (Å²) in [7, 11) is 0. The zero-order valence-corrected chi connectivity index (χ0v) is 7.23. The molecular weight excluding hydrogens is 182 g/mol. The number of carboxylic acids is 1. The molecule has 0 heterocycles. The summed E-state index contributed by atoms with van der Waals surface area (Å²) < 4.78 is 0. The summed E-state index contributed by atoms with van der Waals surface area (Å²) in [6.07, 6.45) is -0.547. The Morgan fingerprint density at radius 2 is 2.14 bits per heavy atom. The highest BCUT2D eigenvalue weighted by Crippen LogP contribution is 2.06. The summed E-state index contributed by atoms with van der Waals surface area (Å²) in [5.74, 6) is -1.66. The van der Waals surface area contributed by atoms with Crippen LogP contribution in [0.4, 0.5) is 0 Å². The van der Waals surface area contributed by atoms with Crippen molar-refractivity contribution < 1.29 is 14.7 Å². The standard InChI is InChI=1S/C10H7NO3/c11-6-7-2-1-3-8(4-7)9(12)5-10(13)14/h1-4H,5H2,(H,13,14). The number of nitrogens with zero attached hydrogens (tertiary/aromatic N) is 1. The Hall–Kier alpha value is -2.15. The van der Waals surface area contributed by atoms with Crippen molar-refractivity contribution in [3.8, 4) is 6.07 Å². The molecule has 1 aromatic carbocycles. The number of ketones is 1. The van der Waals surface area contributed by atoms with Crippen LogP contribution in [0.1, 0.15) is 22.3 Å². The monoisotopic (exact) mass is 189 g/mol. The van der Waals surface area contributed by atoms with Crippen molar-refractivity contribution in [2.75, 3.05) is 0 Å². The fraction of sp³-hybridized carbons (Fsp3) is 0.100. The minimum absolute atomic E-state index is 0.256. The molecule has 0 aliphatic carbocycles. The van der Waals surface area contributed by atoms with Crippen molar-refractivity contribution in [2.24, 2.45) is 0 Å². The number of carbonyl (C=O) groups is 2. The lowest BCUT2D eigenvalue weighted by molar-refractivity contribution is -0.135. The van der Waals surface area contributed by atoms with Crippen LogP contribution in [0.15, 0.2) is 24.3 Å². The van der Waals surface area contributed by atoms with Crippen LogP contribution in [0.3, 0.4) is 0 Å². The van der Waals surface area contributed by atoms with Crippen LogP contribution in [-0.4, -0.2) is 16.9 Å². The molecule has 0 atom stereocenters. The second-order valence-electron chi connectivity index (χ2n) is 2.69. The van der Waals surface area contributed by atoms with E-state index in [1.54, 1.807) is 12.1 Å². The maximum Gasteiger partial charge on any atom is 0.311 e. The van der Waals surface area contributed by atoms with Crippen LogP contribution in [0, 0.1) is 11.3 Å². The lowest BCUT2D eigenvalue weighted by Gasteiger charge is -1.97. The number of aliphatic carboxylic acids is 1. The van der Waals surface area contributed by atoms with E-state index in [2.05, 4.69) is 0 Å². The van der Waals surface area contributed by atoms with E-state index in [4.69, 9.17) is 10.4 Å². The first kappa shape index (κ1) is 9.93. The molecule has 0 aromatic heterocycles. The Bertz CT molecular complexity index is 418. The van der Waals surface area contributed by atoms with Gasteiger partial charge in [0.05, 0.1) is 11.6 Å². The summed E-state index contributed by atoms with van der Waals surface area (Å²) in [5, 5.41) is 16.9. The molecule has 0 aliphatic heterocycles. The molecule has 0 radical (unpaired) electrons. The van der Waals surface area contributed by atoms with Gasteiger partial charge in [-0.2, -0.15) is 5.26 Å². The first-order valence-electron chi connectivity index (χ1n) is 3.88. The predicted octanol–water partition coefficient (Wildman–Crippen LogP) is 1.22. The Morgan fingerprint density at radius 1 is 1.43 bits per heavy atom. The molecule has 0 aliphatic rings. The third kappa shape index (κ3) is 2.42. The number of rotatable bonds is 3. The molecule has 0 bridgehead atoms. The van der Waals surface area contributed by atoms with E-state index in [9.17, 15) is 9.59 Å². The maximum absolute atomic E-state index is 11.2. The maximum atomic E-state index is 11.2. The summed E-state index contributed by atoms with van der Waals surface area (Å²) in [4.78, 5) is 21.5. The largest absolute Gasteiger partial charge is 0.481 e. The molecule has 4 heteroatoms. The predicted molar refractivity (Wildman–Crippen MR) is 47.7 cm³/mol. The van der Waals surface area contributed by atoms with Gasteiger partial charge >= 0.3 is 5.97 Å².